The Labute approximate surface area is 313 Å². The Kier molecular flexibility index (Phi) is 7.28. The second kappa shape index (κ2) is 12.2. The quantitative estimate of drug-likeness (QED) is 0.178. The molecule has 254 valence electrons. The maximum atomic E-state index is 7.00. The van der Waals surface area contributed by atoms with E-state index in [0.717, 1.165) is 33.6 Å². The number of thiophene rings is 1. The van der Waals surface area contributed by atoms with Gasteiger partial charge < -0.3 is 9.32 Å². The van der Waals surface area contributed by atoms with Crippen molar-refractivity contribution in [1.29, 1.82) is 0 Å². The predicted molar refractivity (Wildman–Crippen MR) is 228 cm³/mol. The van der Waals surface area contributed by atoms with Crippen LogP contribution in [0.15, 0.2) is 174 Å². The van der Waals surface area contributed by atoms with E-state index in [9.17, 15) is 0 Å². The predicted octanol–water partition coefficient (Wildman–Crippen LogP) is 15.2. The molecule has 0 fully saturated rings. The Morgan fingerprint density at radius 1 is 0.472 bits per heavy atom. The van der Waals surface area contributed by atoms with Gasteiger partial charge in [0.15, 0.2) is 0 Å². The van der Waals surface area contributed by atoms with E-state index < -0.39 is 0 Å². The molecule has 0 aliphatic carbocycles. The zero-order valence-electron chi connectivity index (χ0n) is 29.9. The minimum Gasteiger partial charge on any atom is -0.456 e. The van der Waals surface area contributed by atoms with Gasteiger partial charge in [0.2, 0.25) is 0 Å². The van der Waals surface area contributed by atoms with Crippen molar-refractivity contribution < 1.29 is 4.42 Å². The summed E-state index contributed by atoms with van der Waals surface area (Å²) in [5.41, 5.74) is 11.1. The van der Waals surface area contributed by atoms with Gasteiger partial charge in [0, 0.05) is 42.2 Å². The molecular formula is C50H37NOS. The summed E-state index contributed by atoms with van der Waals surface area (Å²) in [6.07, 6.45) is 0. The number of nitrogens with zero attached hydrogens (tertiary/aromatic N) is 1. The largest absolute Gasteiger partial charge is 0.456 e. The number of hydrogen-bond acceptors (Lipinski definition) is 3. The van der Waals surface area contributed by atoms with Crippen molar-refractivity contribution in [2.24, 2.45) is 0 Å². The fraction of sp³-hybridized carbons (Fsp3) is 0.0800. The van der Waals surface area contributed by atoms with Crippen LogP contribution in [0.25, 0.3) is 75.1 Å². The first-order valence-electron chi connectivity index (χ1n) is 18.3. The Morgan fingerprint density at radius 2 is 1.09 bits per heavy atom. The summed E-state index contributed by atoms with van der Waals surface area (Å²) in [6.45, 7) is 6.83. The topological polar surface area (TPSA) is 16.4 Å². The highest BCUT2D eigenvalue weighted by molar-refractivity contribution is 7.26. The molecule has 0 aliphatic heterocycles. The maximum Gasteiger partial charge on any atom is 0.141 e. The molecule has 0 saturated heterocycles. The lowest BCUT2D eigenvalue weighted by atomic mass is 9.85. The van der Waals surface area contributed by atoms with Crippen molar-refractivity contribution in [3.63, 3.8) is 0 Å². The van der Waals surface area contributed by atoms with E-state index in [2.05, 4.69) is 196 Å². The van der Waals surface area contributed by atoms with Gasteiger partial charge in [-0.3, -0.25) is 0 Å². The normalized spacial score (nSPS) is 12.1. The van der Waals surface area contributed by atoms with E-state index in [0.29, 0.717) is 0 Å². The average Bonchev–Trinajstić information content (AvgIpc) is 3.78. The first kappa shape index (κ1) is 31.6. The fourth-order valence-corrected chi connectivity index (χ4v) is 9.34. The molecule has 2 nitrogen and oxygen atoms in total. The van der Waals surface area contributed by atoms with Crippen LogP contribution in [0.4, 0.5) is 17.1 Å². The number of furan rings is 1. The minimum absolute atomic E-state index is 0.129. The lowest BCUT2D eigenvalue weighted by molar-refractivity contribution is 0.573. The van der Waals surface area contributed by atoms with Crippen LogP contribution in [-0.4, -0.2) is 0 Å². The second-order valence-corrected chi connectivity index (χ2v) is 15.9. The zero-order chi connectivity index (χ0) is 35.7. The third-order valence-corrected chi connectivity index (χ3v) is 11.8. The van der Waals surface area contributed by atoms with Gasteiger partial charge in [0.05, 0.1) is 16.8 Å². The number of anilines is 3. The molecule has 0 unspecified atom stereocenters. The number of hydrogen-bond donors (Lipinski definition) is 0. The van der Waals surface area contributed by atoms with Crippen molar-refractivity contribution in [2.45, 2.75) is 26.2 Å². The van der Waals surface area contributed by atoms with E-state index in [-0.39, 0.29) is 5.41 Å². The Balaban J connectivity index is 1.32. The summed E-state index contributed by atoms with van der Waals surface area (Å²) in [5.74, 6) is 0. The molecule has 0 aliphatic rings. The van der Waals surface area contributed by atoms with Gasteiger partial charge in [-0.15, -0.1) is 11.3 Å². The Bertz CT molecular complexity index is 2970. The lowest BCUT2D eigenvalue weighted by Crippen LogP contribution is -2.14. The fourth-order valence-electron chi connectivity index (χ4n) is 8.09. The molecule has 0 saturated carbocycles. The third kappa shape index (κ3) is 5.15. The first-order chi connectivity index (χ1) is 25.9. The molecule has 0 N–H and O–H groups in total. The molecule has 0 bridgehead atoms. The van der Waals surface area contributed by atoms with E-state index in [1.807, 2.05) is 11.3 Å². The van der Waals surface area contributed by atoms with Crippen LogP contribution in [0, 0.1) is 0 Å². The highest BCUT2D eigenvalue weighted by atomic mass is 32.1. The molecule has 3 heteroatoms. The number of rotatable bonds is 5. The van der Waals surface area contributed by atoms with E-state index in [4.69, 9.17) is 4.42 Å². The SMILES string of the molecule is CC(C)(C)c1ccc(N(c2ccc(-c3ccccc3)cc2)c2ccc(-c3ccccc3)c3ccccc23)c2c1oc1ccc3c4ccccc4sc3c12. The van der Waals surface area contributed by atoms with Gasteiger partial charge in [-0.2, -0.15) is 0 Å². The first-order valence-corrected chi connectivity index (χ1v) is 19.1. The highest BCUT2D eigenvalue weighted by Crippen LogP contribution is 2.51. The summed E-state index contributed by atoms with van der Waals surface area (Å²) in [5, 5.41) is 7.28. The zero-order valence-corrected chi connectivity index (χ0v) is 30.7. The van der Waals surface area contributed by atoms with Crippen LogP contribution in [0.3, 0.4) is 0 Å². The highest BCUT2D eigenvalue weighted by Gasteiger charge is 2.28. The summed E-state index contributed by atoms with van der Waals surface area (Å²) < 4.78 is 9.55. The summed E-state index contributed by atoms with van der Waals surface area (Å²) in [4.78, 5) is 2.46. The van der Waals surface area contributed by atoms with Crippen LogP contribution < -0.4 is 4.90 Å². The van der Waals surface area contributed by atoms with Gasteiger partial charge >= 0.3 is 0 Å². The monoisotopic (exact) mass is 699 g/mol. The molecule has 0 atom stereocenters. The summed E-state index contributed by atoms with van der Waals surface area (Å²) in [6, 6.07) is 61.5. The minimum atomic E-state index is -0.129. The molecule has 2 aromatic heterocycles. The second-order valence-electron chi connectivity index (χ2n) is 14.9. The third-order valence-electron chi connectivity index (χ3n) is 10.6. The molecule has 2 heterocycles. The van der Waals surface area contributed by atoms with Crippen LogP contribution in [-0.2, 0) is 5.41 Å². The van der Waals surface area contributed by atoms with Crippen LogP contribution in [0.2, 0.25) is 0 Å². The van der Waals surface area contributed by atoms with Crippen LogP contribution in [0.5, 0.6) is 0 Å². The van der Waals surface area contributed by atoms with Gasteiger partial charge in [-0.25, -0.2) is 0 Å². The maximum absolute atomic E-state index is 7.00. The molecule has 0 radical (unpaired) electrons. The molecule has 0 spiro atoms. The van der Waals surface area contributed by atoms with Gasteiger partial charge in [-0.1, -0.05) is 148 Å². The van der Waals surface area contributed by atoms with Crippen molar-refractivity contribution in [3.8, 4) is 22.3 Å². The van der Waals surface area contributed by atoms with E-state index in [1.54, 1.807) is 0 Å². The van der Waals surface area contributed by atoms with Crippen molar-refractivity contribution in [3.05, 3.63) is 175 Å². The molecule has 53 heavy (non-hydrogen) atoms. The number of fused-ring (bicyclic) bond motifs is 8. The number of benzene rings is 8. The van der Waals surface area contributed by atoms with Gasteiger partial charge in [0.1, 0.15) is 11.2 Å². The molecule has 10 rings (SSSR count). The molecular weight excluding hydrogens is 663 g/mol. The Morgan fingerprint density at radius 3 is 1.83 bits per heavy atom. The Hall–Kier alpha value is -6.16. The van der Waals surface area contributed by atoms with Crippen molar-refractivity contribution in [2.75, 3.05) is 4.90 Å². The smallest absolute Gasteiger partial charge is 0.141 e. The van der Waals surface area contributed by atoms with E-state index >= 15 is 0 Å². The van der Waals surface area contributed by atoms with Gasteiger partial charge in [0.25, 0.3) is 0 Å². The van der Waals surface area contributed by atoms with Crippen LogP contribution in [0.1, 0.15) is 26.3 Å². The average molecular weight is 700 g/mol. The molecule has 0 amide bonds. The van der Waals surface area contributed by atoms with E-state index in [1.165, 1.54) is 64.1 Å². The van der Waals surface area contributed by atoms with Crippen LogP contribution >= 0.6 is 11.3 Å². The molecule has 10 aromatic rings. The standard InChI is InChI=1S/C50H37NOS/c1-50(2,3)41-28-30-43(46-47-44(52-48(41)46)31-27-40-39-20-12-13-21-45(39)53-49(40)47)51(35-24-22-33(23-25-35)32-14-6-4-7-15-32)42-29-26-36(34-16-8-5-9-17-34)37-18-10-11-19-38(37)42/h4-31H,1-3H3. The van der Waals surface area contributed by atoms with Crippen molar-refractivity contribution >= 4 is 81.3 Å². The van der Waals surface area contributed by atoms with Crippen molar-refractivity contribution in [1.82, 2.24) is 0 Å². The molecule has 8 aromatic carbocycles. The lowest BCUT2D eigenvalue weighted by Gasteiger charge is -2.29. The summed E-state index contributed by atoms with van der Waals surface area (Å²) in [7, 11) is 0. The van der Waals surface area contributed by atoms with Gasteiger partial charge in [-0.05, 0) is 75.5 Å². The summed E-state index contributed by atoms with van der Waals surface area (Å²) >= 11 is 1.86.